The van der Waals surface area contributed by atoms with Gasteiger partial charge in [-0.05, 0) is 13.0 Å². The predicted octanol–water partition coefficient (Wildman–Crippen LogP) is 1.16. The van der Waals surface area contributed by atoms with Crippen molar-refractivity contribution in [3.05, 3.63) is 18.0 Å². The van der Waals surface area contributed by atoms with Gasteiger partial charge in [-0.15, -0.1) is 12.4 Å². The highest BCUT2D eigenvalue weighted by molar-refractivity contribution is 7.99. The number of aryl methyl sites for hydroxylation is 1. The zero-order chi connectivity index (χ0) is 12.1. The second-order valence-corrected chi connectivity index (χ2v) is 4.70. The molecule has 1 aliphatic rings. The molecule has 0 aliphatic carbocycles. The minimum absolute atomic E-state index is 0. The van der Waals surface area contributed by atoms with E-state index >= 15 is 0 Å². The number of aromatic nitrogens is 2. The molecule has 1 aromatic heterocycles. The molecular weight excluding hydrogens is 274 g/mol. The van der Waals surface area contributed by atoms with E-state index in [0.717, 1.165) is 5.69 Å². The fourth-order valence-corrected chi connectivity index (χ4v) is 2.30. The molecule has 100 valence electrons. The lowest BCUT2D eigenvalue weighted by Gasteiger charge is -2.26. The van der Waals surface area contributed by atoms with Crippen LogP contribution in [0.3, 0.4) is 0 Å². The van der Waals surface area contributed by atoms with Crippen LogP contribution in [0.2, 0.25) is 0 Å². The molecule has 0 aromatic carbocycles. The second-order valence-electron chi connectivity index (χ2n) is 3.76. The second kappa shape index (κ2) is 7.56. The van der Waals surface area contributed by atoms with Gasteiger partial charge in [0.15, 0.2) is 5.16 Å². The molecule has 1 fully saturated rings. The number of nitrogens with zero attached hydrogens (tertiary/aromatic N) is 3. The highest BCUT2D eigenvalue weighted by atomic mass is 35.5. The van der Waals surface area contributed by atoms with Crippen LogP contribution >= 0.6 is 24.2 Å². The van der Waals surface area contributed by atoms with E-state index in [9.17, 15) is 4.79 Å². The number of carbonyl (C=O) groups excluding carboxylic acids is 1. The lowest BCUT2D eigenvalue weighted by molar-refractivity contribution is -0.132. The van der Waals surface area contributed by atoms with E-state index in [1.807, 2.05) is 17.9 Å². The Hall–Kier alpha value is -0.850. The van der Waals surface area contributed by atoms with Crippen molar-refractivity contribution in [1.82, 2.24) is 14.9 Å². The number of halogens is 1. The van der Waals surface area contributed by atoms with Crippen LogP contribution < -0.4 is 0 Å². The molecule has 2 heterocycles. The van der Waals surface area contributed by atoms with Gasteiger partial charge in [-0.25, -0.2) is 9.97 Å². The summed E-state index contributed by atoms with van der Waals surface area (Å²) < 4.78 is 5.20. The third-order valence-electron chi connectivity index (χ3n) is 2.46. The molecule has 0 bridgehead atoms. The normalized spacial score (nSPS) is 15.1. The van der Waals surface area contributed by atoms with Crippen molar-refractivity contribution in [2.75, 3.05) is 32.1 Å². The lowest BCUT2D eigenvalue weighted by atomic mass is 10.4. The van der Waals surface area contributed by atoms with E-state index in [-0.39, 0.29) is 18.3 Å². The molecular formula is C11H16ClN3O2S. The maximum absolute atomic E-state index is 11.9. The average molecular weight is 290 g/mol. The number of hydrogen-bond donors (Lipinski definition) is 0. The molecule has 5 nitrogen and oxygen atoms in total. The van der Waals surface area contributed by atoms with Gasteiger partial charge in [-0.1, -0.05) is 11.8 Å². The largest absolute Gasteiger partial charge is 0.378 e. The van der Waals surface area contributed by atoms with Crippen molar-refractivity contribution in [1.29, 1.82) is 0 Å². The summed E-state index contributed by atoms with van der Waals surface area (Å²) in [5.74, 6) is 0.520. The van der Waals surface area contributed by atoms with Gasteiger partial charge in [-0.2, -0.15) is 0 Å². The first-order valence-corrected chi connectivity index (χ1v) is 6.52. The quantitative estimate of drug-likeness (QED) is 0.617. The zero-order valence-electron chi connectivity index (χ0n) is 10.2. The topological polar surface area (TPSA) is 55.3 Å². The molecule has 1 amide bonds. The molecule has 1 aliphatic heterocycles. The number of amides is 1. The molecule has 0 saturated carbocycles. The van der Waals surface area contributed by atoms with E-state index in [0.29, 0.717) is 37.2 Å². The SMILES string of the molecule is Cc1ccnc(SCC(=O)N2CCOCC2)n1.Cl. The molecule has 1 aromatic rings. The fourth-order valence-electron chi connectivity index (χ4n) is 1.53. The number of morpholine rings is 1. The number of thioether (sulfide) groups is 1. The summed E-state index contributed by atoms with van der Waals surface area (Å²) in [7, 11) is 0. The summed E-state index contributed by atoms with van der Waals surface area (Å²) in [6.07, 6.45) is 1.71. The number of hydrogen-bond acceptors (Lipinski definition) is 5. The molecule has 2 rings (SSSR count). The van der Waals surface area contributed by atoms with Gasteiger partial charge >= 0.3 is 0 Å². The maximum Gasteiger partial charge on any atom is 0.233 e. The van der Waals surface area contributed by atoms with E-state index < -0.39 is 0 Å². The average Bonchev–Trinajstić information content (AvgIpc) is 2.37. The Labute approximate surface area is 117 Å². The smallest absolute Gasteiger partial charge is 0.233 e. The Balaban J connectivity index is 0.00000162. The van der Waals surface area contributed by atoms with Crippen molar-refractivity contribution in [3.63, 3.8) is 0 Å². The molecule has 0 atom stereocenters. The molecule has 0 N–H and O–H groups in total. The summed E-state index contributed by atoms with van der Waals surface area (Å²) in [5, 5.41) is 0.659. The Morgan fingerprint density at radius 1 is 1.50 bits per heavy atom. The molecule has 0 spiro atoms. The van der Waals surface area contributed by atoms with E-state index in [2.05, 4.69) is 9.97 Å². The van der Waals surface area contributed by atoms with Gasteiger partial charge in [0.05, 0.1) is 19.0 Å². The third kappa shape index (κ3) is 4.44. The van der Waals surface area contributed by atoms with Gasteiger partial charge in [-0.3, -0.25) is 4.79 Å². The standard InChI is InChI=1S/C11H15N3O2S.ClH/c1-9-2-3-12-11(13-9)17-8-10(15)14-4-6-16-7-5-14;/h2-3H,4-8H2,1H3;1H. The van der Waals surface area contributed by atoms with Crippen LogP contribution in [0, 0.1) is 6.92 Å². The molecule has 18 heavy (non-hydrogen) atoms. The van der Waals surface area contributed by atoms with Crippen LogP contribution in [0.5, 0.6) is 0 Å². The highest BCUT2D eigenvalue weighted by Gasteiger charge is 2.17. The summed E-state index contributed by atoms with van der Waals surface area (Å²) in [6, 6.07) is 1.84. The minimum Gasteiger partial charge on any atom is -0.378 e. The maximum atomic E-state index is 11.9. The number of ether oxygens (including phenoxy) is 1. The Morgan fingerprint density at radius 2 is 2.22 bits per heavy atom. The first-order chi connectivity index (χ1) is 8.25. The number of carbonyl (C=O) groups is 1. The predicted molar refractivity (Wildman–Crippen MR) is 72.1 cm³/mol. The zero-order valence-corrected chi connectivity index (χ0v) is 11.8. The van der Waals surface area contributed by atoms with Crippen LogP contribution in [0.15, 0.2) is 17.4 Å². The van der Waals surface area contributed by atoms with Crippen LogP contribution in [0.25, 0.3) is 0 Å². The van der Waals surface area contributed by atoms with Crippen molar-refractivity contribution in [2.45, 2.75) is 12.1 Å². The fraction of sp³-hybridized carbons (Fsp3) is 0.545. The van der Waals surface area contributed by atoms with Crippen molar-refractivity contribution >= 4 is 30.1 Å². The Morgan fingerprint density at radius 3 is 2.89 bits per heavy atom. The summed E-state index contributed by atoms with van der Waals surface area (Å²) >= 11 is 1.38. The molecule has 0 unspecified atom stereocenters. The molecule has 1 saturated heterocycles. The lowest BCUT2D eigenvalue weighted by Crippen LogP contribution is -2.41. The van der Waals surface area contributed by atoms with Crippen molar-refractivity contribution < 1.29 is 9.53 Å². The summed E-state index contributed by atoms with van der Waals surface area (Å²) in [5.41, 5.74) is 0.918. The number of rotatable bonds is 3. The van der Waals surface area contributed by atoms with Gasteiger partial charge in [0.1, 0.15) is 0 Å². The summed E-state index contributed by atoms with van der Waals surface area (Å²) in [4.78, 5) is 22.0. The summed E-state index contributed by atoms with van der Waals surface area (Å²) in [6.45, 7) is 4.56. The molecule has 0 radical (unpaired) electrons. The van der Waals surface area contributed by atoms with Crippen LogP contribution in [0.1, 0.15) is 5.69 Å². The third-order valence-corrected chi connectivity index (χ3v) is 3.31. The van der Waals surface area contributed by atoms with Crippen LogP contribution in [-0.4, -0.2) is 52.8 Å². The van der Waals surface area contributed by atoms with Crippen LogP contribution in [0.4, 0.5) is 0 Å². The van der Waals surface area contributed by atoms with E-state index in [1.54, 1.807) is 6.20 Å². The van der Waals surface area contributed by atoms with Gasteiger partial charge in [0.25, 0.3) is 0 Å². The van der Waals surface area contributed by atoms with E-state index in [4.69, 9.17) is 4.74 Å². The first-order valence-electron chi connectivity index (χ1n) is 5.53. The van der Waals surface area contributed by atoms with Gasteiger partial charge in [0, 0.05) is 25.0 Å². The first kappa shape index (κ1) is 15.2. The minimum atomic E-state index is 0. The van der Waals surface area contributed by atoms with E-state index in [1.165, 1.54) is 11.8 Å². The van der Waals surface area contributed by atoms with Crippen molar-refractivity contribution in [3.8, 4) is 0 Å². The monoisotopic (exact) mass is 289 g/mol. The van der Waals surface area contributed by atoms with Gasteiger partial charge in [0.2, 0.25) is 5.91 Å². The Kier molecular flexibility index (Phi) is 6.38. The van der Waals surface area contributed by atoms with Crippen LogP contribution in [-0.2, 0) is 9.53 Å². The molecule has 7 heteroatoms. The highest BCUT2D eigenvalue weighted by Crippen LogP contribution is 2.13. The Bertz CT molecular complexity index is 400. The van der Waals surface area contributed by atoms with Crippen molar-refractivity contribution in [2.24, 2.45) is 0 Å². The van der Waals surface area contributed by atoms with Gasteiger partial charge < -0.3 is 9.64 Å².